The van der Waals surface area contributed by atoms with E-state index in [4.69, 9.17) is 5.11 Å². The summed E-state index contributed by atoms with van der Waals surface area (Å²) in [6.07, 6.45) is 2.26. The number of aromatic nitrogens is 1. The highest BCUT2D eigenvalue weighted by atomic mass is 32.1. The molecule has 1 unspecified atom stereocenters. The van der Waals surface area contributed by atoms with Crippen LogP contribution in [0.15, 0.2) is 11.6 Å². The summed E-state index contributed by atoms with van der Waals surface area (Å²) in [6, 6.07) is 0. The first-order valence-electron chi connectivity index (χ1n) is 4.45. The SMILES string of the molecule is CCC(C)(NCc1nccs1)C(=O)O. The Morgan fingerprint density at radius 3 is 2.93 bits per heavy atom. The molecule has 0 saturated carbocycles. The Morgan fingerprint density at radius 2 is 2.50 bits per heavy atom. The van der Waals surface area contributed by atoms with Crippen LogP contribution >= 0.6 is 11.3 Å². The molecule has 0 bridgehead atoms. The lowest BCUT2D eigenvalue weighted by atomic mass is 9.99. The van der Waals surface area contributed by atoms with Gasteiger partial charge < -0.3 is 5.11 Å². The van der Waals surface area contributed by atoms with Crippen molar-refractivity contribution in [3.05, 3.63) is 16.6 Å². The zero-order valence-corrected chi connectivity index (χ0v) is 9.10. The molecule has 2 N–H and O–H groups in total. The van der Waals surface area contributed by atoms with Crippen LogP contribution in [0.25, 0.3) is 0 Å². The summed E-state index contributed by atoms with van der Waals surface area (Å²) in [5.41, 5.74) is -0.855. The number of aliphatic carboxylic acids is 1. The van der Waals surface area contributed by atoms with Crippen molar-refractivity contribution in [3.63, 3.8) is 0 Å². The normalized spacial score (nSPS) is 15.0. The molecule has 14 heavy (non-hydrogen) atoms. The Kier molecular flexibility index (Phi) is 3.60. The fourth-order valence-electron chi connectivity index (χ4n) is 0.963. The molecule has 0 saturated heterocycles. The number of carbonyl (C=O) groups is 1. The zero-order chi connectivity index (χ0) is 10.6. The van der Waals surface area contributed by atoms with Gasteiger partial charge >= 0.3 is 5.97 Å². The van der Waals surface area contributed by atoms with Gasteiger partial charge in [-0.05, 0) is 13.3 Å². The number of carboxylic acids is 1. The largest absolute Gasteiger partial charge is 0.480 e. The maximum atomic E-state index is 10.9. The molecule has 78 valence electrons. The number of thiazole rings is 1. The minimum Gasteiger partial charge on any atom is -0.480 e. The second-order valence-electron chi connectivity index (χ2n) is 3.27. The molecule has 0 fully saturated rings. The minimum absolute atomic E-state index is 0.508. The number of hydrogen-bond donors (Lipinski definition) is 2. The molecule has 0 aromatic carbocycles. The van der Waals surface area contributed by atoms with Crippen LogP contribution in [-0.4, -0.2) is 21.6 Å². The van der Waals surface area contributed by atoms with E-state index in [-0.39, 0.29) is 0 Å². The molecule has 1 atom stereocenters. The highest BCUT2D eigenvalue weighted by molar-refractivity contribution is 7.09. The summed E-state index contributed by atoms with van der Waals surface area (Å²) < 4.78 is 0. The van der Waals surface area contributed by atoms with E-state index in [1.54, 1.807) is 13.1 Å². The van der Waals surface area contributed by atoms with Crippen LogP contribution in [0, 0.1) is 0 Å². The topological polar surface area (TPSA) is 62.2 Å². The molecule has 0 spiro atoms. The van der Waals surface area contributed by atoms with Crippen molar-refractivity contribution in [1.82, 2.24) is 10.3 Å². The first-order chi connectivity index (χ1) is 6.58. The molecule has 0 aliphatic carbocycles. The Hall–Kier alpha value is -0.940. The average molecular weight is 214 g/mol. The molecule has 0 aliphatic heterocycles. The highest BCUT2D eigenvalue weighted by Gasteiger charge is 2.30. The van der Waals surface area contributed by atoms with Crippen molar-refractivity contribution < 1.29 is 9.90 Å². The van der Waals surface area contributed by atoms with E-state index in [1.165, 1.54) is 11.3 Å². The van der Waals surface area contributed by atoms with Crippen molar-refractivity contribution in [2.75, 3.05) is 0 Å². The zero-order valence-electron chi connectivity index (χ0n) is 8.28. The van der Waals surface area contributed by atoms with Gasteiger partial charge in [0.05, 0.1) is 0 Å². The van der Waals surface area contributed by atoms with Gasteiger partial charge in [-0.3, -0.25) is 10.1 Å². The summed E-state index contributed by atoms with van der Waals surface area (Å²) in [4.78, 5) is 15.0. The standard InChI is InChI=1S/C9H14N2O2S/c1-3-9(2,8(12)13)11-6-7-10-4-5-14-7/h4-5,11H,3,6H2,1-2H3,(H,12,13). The number of rotatable bonds is 5. The van der Waals surface area contributed by atoms with Crippen LogP contribution in [-0.2, 0) is 11.3 Å². The molecule has 0 aliphatic rings. The Morgan fingerprint density at radius 1 is 1.79 bits per heavy atom. The van der Waals surface area contributed by atoms with Crippen LogP contribution in [0.5, 0.6) is 0 Å². The van der Waals surface area contributed by atoms with Gasteiger partial charge in [0.25, 0.3) is 0 Å². The minimum atomic E-state index is -0.855. The van der Waals surface area contributed by atoms with E-state index in [2.05, 4.69) is 10.3 Å². The van der Waals surface area contributed by atoms with Gasteiger partial charge in [-0.25, -0.2) is 4.98 Å². The summed E-state index contributed by atoms with van der Waals surface area (Å²) in [5, 5.41) is 14.8. The first kappa shape index (κ1) is 11.1. The molecule has 0 radical (unpaired) electrons. The molecular formula is C9H14N2O2S. The fraction of sp³-hybridized carbons (Fsp3) is 0.556. The molecular weight excluding hydrogens is 200 g/mol. The van der Waals surface area contributed by atoms with Crippen molar-refractivity contribution in [2.24, 2.45) is 0 Å². The van der Waals surface area contributed by atoms with Gasteiger partial charge in [0.15, 0.2) is 0 Å². The van der Waals surface area contributed by atoms with Gasteiger partial charge in [0, 0.05) is 18.1 Å². The quantitative estimate of drug-likeness (QED) is 0.779. The molecule has 1 aromatic rings. The van der Waals surface area contributed by atoms with Crippen molar-refractivity contribution >= 4 is 17.3 Å². The van der Waals surface area contributed by atoms with E-state index >= 15 is 0 Å². The van der Waals surface area contributed by atoms with Crippen LogP contribution in [0.4, 0.5) is 0 Å². The van der Waals surface area contributed by atoms with E-state index in [9.17, 15) is 4.79 Å². The lowest BCUT2D eigenvalue weighted by molar-refractivity contribution is -0.144. The lowest BCUT2D eigenvalue weighted by Gasteiger charge is -2.23. The fourth-order valence-corrected chi connectivity index (χ4v) is 1.52. The lowest BCUT2D eigenvalue weighted by Crippen LogP contribution is -2.48. The summed E-state index contributed by atoms with van der Waals surface area (Å²) in [6.45, 7) is 4.04. The second-order valence-corrected chi connectivity index (χ2v) is 4.25. The van der Waals surface area contributed by atoms with Gasteiger partial charge in [0.2, 0.25) is 0 Å². The predicted molar refractivity (Wildman–Crippen MR) is 55.3 cm³/mol. The summed E-state index contributed by atoms with van der Waals surface area (Å²) in [7, 11) is 0. The smallest absolute Gasteiger partial charge is 0.323 e. The van der Waals surface area contributed by atoms with E-state index < -0.39 is 11.5 Å². The van der Waals surface area contributed by atoms with Crippen molar-refractivity contribution in [3.8, 4) is 0 Å². The summed E-state index contributed by atoms with van der Waals surface area (Å²) in [5.74, 6) is -0.823. The van der Waals surface area contributed by atoms with Gasteiger partial charge in [0.1, 0.15) is 10.5 Å². The third-order valence-corrected chi connectivity index (χ3v) is 3.07. The van der Waals surface area contributed by atoms with E-state index in [1.807, 2.05) is 12.3 Å². The Balaban J connectivity index is 2.54. The van der Waals surface area contributed by atoms with Crippen molar-refractivity contribution in [1.29, 1.82) is 0 Å². The van der Waals surface area contributed by atoms with Crippen LogP contribution in [0.2, 0.25) is 0 Å². The van der Waals surface area contributed by atoms with Crippen LogP contribution in [0.3, 0.4) is 0 Å². The number of nitrogens with one attached hydrogen (secondary N) is 1. The number of nitrogens with zero attached hydrogens (tertiary/aromatic N) is 1. The molecule has 0 amide bonds. The molecule has 5 heteroatoms. The first-order valence-corrected chi connectivity index (χ1v) is 5.33. The van der Waals surface area contributed by atoms with Gasteiger partial charge in [-0.15, -0.1) is 11.3 Å². The van der Waals surface area contributed by atoms with Crippen LogP contribution < -0.4 is 5.32 Å². The summed E-state index contributed by atoms with van der Waals surface area (Å²) >= 11 is 1.52. The average Bonchev–Trinajstić information content (AvgIpc) is 2.66. The van der Waals surface area contributed by atoms with Crippen molar-refractivity contribution in [2.45, 2.75) is 32.4 Å². The van der Waals surface area contributed by atoms with Gasteiger partial charge in [-0.2, -0.15) is 0 Å². The maximum absolute atomic E-state index is 10.9. The second kappa shape index (κ2) is 4.52. The Labute approximate surface area is 87.0 Å². The van der Waals surface area contributed by atoms with E-state index in [0.717, 1.165) is 5.01 Å². The molecule has 1 rings (SSSR count). The third-order valence-electron chi connectivity index (χ3n) is 2.29. The molecule has 1 heterocycles. The third kappa shape index (κ3) is 2.52. The Bertz CT molecular complexity index is 300. The predicted octanol–water partition coefficient (Wildman–Crippen LogP) is 1.49. The number of hydrogen-bond acceptors (Lipinski definition) is 4. The highest BCUT2D eigenvalue weighted by Crippen LogP contribution is 2.11. The number of carboxylic acid groups (broad SMARTS) is 1. The molecule has 1 aromatic heterocycles. The van der Waals surface area contributed by atoms with E-state index in [0.29, 0.717) is 13.0 Å². The maximum Gasteiger partial charge on any atom is 0.323 e. The van der Waals surface area contributed by atoms with Crippen LogP contribution in [0.1, 0.15) is 25.3 Å². The van der Waals surface area contributed by atoms with Gasteiger partial charge in [-0.1, -0.05) is 6.92 Å². The monoisotopic (exact) mass is 214 g/mol. The molecule has 4 nitrogen and oxygen atoms in total.